The minimum atomic E-state index is -2.24. The highest BCUT2D eigenvalue weighted by Crippen LogP contribution is 2.18. The van der Waals surface area contributed by atoms with Gasteiger partial charge in [-0.15, -0.1) is 0 Å². The van der Waals surface area contributed by atoms with Crippen LogP contribution in [0.4, 0.5) is 0 Å². The van der Waals surface area contributed by atoms with Gasteiger partial charge in [0.1, 0.15) is 13.5 Å². The number of carboxylic acids is 1. The van der Waals surface area contributed by atoms with Crippen molar-refractivity contribution in [2.45, 2.75) is 0 Å². The Morgan fingerprint density at radius 3 is 2.42 bits per heavy atom. The third kappa shape index (κ3) is 5.07. The van der Waals surface area contributed by atoms with E-state index in [1.807, 2.05) is 0 Å². The molecule has 0 spiro atoms. The van der Waals surface area contributed by atoms with E-state index >= 15 is 0 Å². The number of aliphatic hydroxyl groups excluding tert-OH is 1. The first-order valence-corrected chi connectivity index (χ1v) is 7.29. The molecule has 1 rings (SSSR count). The molecule has 0 aromatic heterocycles. The van der Waals surface area contributed by atoms with Gasteiger partial charge < -0.3 is 20.1 Å². The maximum atomic E-state index is 11.7. The van der Waals surface area contributed by atoms with Crippen molar-refractivity contribution in [3.63, 3.8) is 0 Å². The summed E-state index contributed by atoms with van der Waals surface area (Å²) in [6, 6.07) is 8.14. The van der Waals surface area contributed by atoms with E-state index in [-0.39, 0.29) is 11.9 Å². The molecule has 0 aliphatic carbocycles. The number of hydrogen-bond donors (Lipinski definition) is 3. The zero-order valence-corrected chi connectivity index (χ0v) is 11.0. The Kier molecular flexibility index (Phi) is 5.99. The average Bonchev–Trinajstić information content (AvgIpc) is 2.43. The molecule has 0 radical (unpaired) electrons. The summed E-state index contributed by atoms with van der Waals surface area (Å²) >= 11 is 0. The average molecular weight is 283 g/mol. The number of hydrogen-bond acceptors (Lipinski definition) is 4. The van der Waals surface area contributed by atoms with Gasteiger partial charge in [0.05, 0.1) is 6.35 Å². The van der Waals surface area contributed by atoms with Gasteiger partial charge in [-0.25, -0.2) is 4.79 Å². The Bertz CT molecular complexity index is 512. The van der Waals surface area contributed by atoms with Crippen molar-refractivity contribution in [3.8, 4) is 0 Å². The normalized spacial score (nSPS) is 12.8. The lowest BCUT2D eigenvalue weighted by molar-refractivity contribution is -0.133. The lowest BCUT2D eigenvalue weighted by atomic mass is 10.2. The van der Waals surface area contributed by atoms with Crippen LogP contribution < -0.4 is 5.32 Å². The molecule has 1 atom stereocenters. The van der Waals surface area contributed by atoms with Crippen molar-refractivity contribution in [1.82, 2.24) is 5.32 Å². The molecule has 0 bridgehead atoms. The lowest BCUT2D eigenvalue weighted by Gasteiger charge is -2.05. The van der Waals surface area contributed by atoms with Crippen LogP contribution in [0.25, 0.3) is 0 Å². The zero-order valence-electron chi connectivity index (χ0n) is 10.00. The molecule has 102 valence electrons. The number of benzene rings is 1. The summed E-state index contributed by atoms with van der Waals surface area (Å²) in [4.78, 5) is 22.7. The molecule has 0 saturated heterocycles. The summed E-state index contributed by atoms with van der Waals surface area (Å²) in [7, 11) is -2.24. The smallest absolute Gasteiger partial charge is 0.352 e. The van der Waals surface area contributed by atoms with Gasteiger partial charge >= 0.3 is 5.97 Å². The summed E-state index contributed by atoms with van der Waals surface area (Å²) in [5.41, 5.74) is -0.0230. The van der Waals surface area contributed by atoms with Crippen LogP contribution in [-0.4, -0.2) is 34.6 Å². The minimum Gasteiger partial charge on any atom is -0.477 e. The van der Waals surface area contributed by atoms with E-state index in [1.165, 1.54) is 0 Å². The van der Waals surface area contributed by atoms with Gasteiger partial charge in [-0.05, 0) is 18.2 Å². The van der Waals surface area contributed by atoms with Crippen LogP contribution in [0.15, 0.2) is 42.1 Å². The summed E-state index contributed by atoms with van der Waals surface area (Å²) < 4.78 is 11.1. The fourth-order valence-corrected chi connectivity index (χ4v) is 1.82. The molecule has 0 fully saturated rings. The number of carbonyl (C=O) groups excluding carboxylic acids is 1. The second kappa shape index (κ2) is 7.51. The topological polar surface area (TPSA) is 104 Å². The van der Waals surface area contributed by atoms with Crippen LogP contribution in [0.2, 0.25) is 0 Å². The second-order valence-corrected chi connectivity index (χ2v) is 5.45. The SMILES string of the molecule is O=C(O)/C(=C/C[PH](=O)CO)NC(=O)c1ccccc1. The molecule has 7 heteroatoms. The van der Waals surface area contributed by atoms with Crippen LogP contribution in [0.1, 0.15) is 10.4 Å². The number of nitrogens with one attached hydrogen (secondary N) is 1. The first-order valence-electron chi connectivity index (χ1n) is 5.47. The number of rotatable bonds is 6. The van der Waals surface area contributed by atoms with Crippen molar-refractivity contribution in [2.75, 3.05) is 12.5 Å². The molecule has 0 heterocycles. The molecule has 0 aliphatic rings. The van der Waals surface area contributed by atoms with Gasteiger partial charge in [-0.2, -0.15) is 0 Å². The monoisotopic (exact) mass is 283 g/mol. The first kappa shape index (κ1) is 15.1. The summed E-state index contributed by atoms with van der Waals surface area (Å²) in [6.07, 6.45) is 0.583. The molecule has 1 amide bonds. The van der Waals surface area contributed by atoms with Crippen LogP contribution in [-0.2, 0) is 9.36 Å². The predicted octanol–water partition coefficient (Wildman–Crippen LogP) is 0.894. The highest BCUT2D eigenvalue weighted by Gasteiger charge is 2.13. The van der Waals surface area contributed by atoms with E-state index in [2.05, 4.69) is 5.32 Å². The van der Waals surface area contributed by atoms with E-state index in [0.717, 1.165) is 6.08 Å². The molecule has 3 N–H and O–H groups in total. The highest BCUT2D eigenvalue weighted by molar-refractivity contribution is 7.44. The van der Waals surface area contributed by atoms with Crippen molar-refractivity contribution in [3.05, 3.63) is 47.7 Å². The Balaban J connectivity index is 2.77. The third-order valence-electron chi connectivity index (χ3n) is 2.22. The maximum absolute atomic E-state index is 11.7. The van der Waals surface area contributed by atoms with E-state index in [0.29, 0.717) is 5.56 Å². The minimum absolute atomic E-state index is 0.0716. The van der Waals surface area contributed by atoms with Gasteiger partial charge in [-0.3, -0.25) is 4.79 Å². The molecule has 0 aliphatic heterocycles. The Morgan fingerprint density at radius 2 is 1.89 bits per heavy atom. The largest absolute Gasteiger partial charge is 0.477 e. The number of amides is 1. The molecular formula is C12H14NO5P. The van der Waals surface area contributed by atoms with Crippen molar-refractivity contribution in [1.29, 1.82) is 0 Å². The van der Waals surface area contributed by atoms with E-state index in [4.69, 9.17) is 10.2 Å². The van der Waals surface area contributed by atoms with Crippen LogP contribution in [0.3, 0.4) is 0 Å². The van der Waals surface area contributed by atoms with Gasteiger partial charge in [0.15, 0.2) is 0 Å². The molecule has 1 aromatic rings. The summed E-state index contributed by atoms with van der Waals surface area (Å²) in [6.45, 7) is 0. The Labute approximate surface area is 110 Å². The first-order chi connectivity index (χ1) is 9.04. The lowest BCUT2D eigenvalue weighted by Crippen LogP contribution is -2.27. The number of carbonyl (C=O) groups is 2. The maximum Gasteiger partial charge on any atom is 0.352 e. The van der Waals surface area contributed by atoms with Gasteiger partial charge in [-0.1, -0.05) is 18.2 Å². The summed E-state index contributed by atoms with van der Waals surface area (Å²) in [5, 5.41) is 19.8. The third-order valence-corrected chi connectivity index (χ3v) is 3.24. The summed E-state index contributed by atoms with van der Waals surface area (Å²) in [5.74, 6) is -1.88. The molecule has 1 unspecified atom stereocenters. The van der Waals surface area contributed by atoms with Crippen LogP contribution in [0, 0.1) is 0 Å². The number of aliphatic carboxylic acids is 1. The number of aliphatic hydroxyl groups is 1. The quantitative estimate of drug-likeness (QED) is 0.531. The molecule has 19 heavy (non-hydrogen) atoms. The Morgan fingerprint density at radius 1 is 1.26 bits per heavy atom. The highest BCUT2D eigenvalue weighted by atomic mass is 31.1. The zero-order chi connectivity index (χ0) is 14.3. The van der Waals surface area contributed by atoms with Gasteiger partial charge in [0.2, 0.25) is 0 Å². The fourth-order valence-electron chi connectivity index (χ4n) is 1.26. The van der Waals surface area contributed by atoms with Gasteiger partial charge in [0.25, 0.3) is 5.91 Å². The van der Waals surface area contributed by atoms with Gasteiger partial charge in [0, 0.05) is 11.7 Å². The standard InChI is InChI=1S/C12H14NO5P/c14-8-19(18)7-6-10(12(16)17)13-11(15)9-4-2-1-3-5-9/h1-6,14,19H,7-8H2,(H,13,15)(H,16,17)/b10-6-. The van der Waals surface area contributed by atoms with Crippen molar-refractivity contribution >= 4 is 19.7 Å². The number of carboxylic acid groups (broad SMARTS) is 1. The molecule has 0 saturated carbocycles. The molecule has 1 aromatic carbocycles. The van der Waals surface area contributed by atoms with E-state index < -0.39 is 26.0 Å². The molecule has 6 nitrogen and oxygen atoms in total. The van der Waals surface area contributed by atoms with E-state index in [1.54, 1.807) is 30.3 Å². The molecular weight excluding hydrogens is 269 g/mol. The predicted molar refractivity (Wildman–Crippen MR) is 70.6 cm³/mol. The van der Waals surface area contributed by atoms with Crippen molar-refractivity contribution < 1.29 is 24.4 Å². The number of allylic oxidation sites excluding steroid dienone is 1. The fraction of sp³-hybridized carbons (Fsp3) is 0.167. The van der Waals surface area contributed by atoms with Crippen molar-refractivity contribution in [2.24, 2.45) is 0 Å². The van der Waals surface area contributed by atoms with Crippen LogP contribution in [0.5, 0.6) is 0 Å². The van der Waals surface area contributed by atoms with Crippen LogP contribution >= 0.6 is 7.80 Å². The van der Waals surface area contributed by atoms with E-state index in [9.17, 15) is 14.2 Å². The second-order valence-electron chi connectivity index (χ2n) is 3.64. The Hall–Kier alpha value is -1.91.